The molecule has 2 aromatic rings. The third kappa shape index (κ3) is 3.54. The SMILES string of the molecule is C\C=C(/C=C\C(=C/C)n1c(=O)n(C)c2ccccc21)CCCO. The summed E-state index contributed by atoms with van der Waals surface area (Å²) in [5.74, 6) is 0. The van der Waals surface area contributed by atoms with E-state index in [0.29, 0.717) is 0 Å². The number of rotatable bonds is 6. The van der Waals surface area contributed by atoms with Crippen molar-refractivity contribution < 1.29 is 5.11 Å². The maximum atomic E-state index is 12.6. The van der Waals surface area contributed by atoms with Crippen LogP contribution in [0.1, 0.15) is 26.7 Å². The summed E-state index contributed by atoms with van der Waals surface area (Å²) in [5.41, 5.74) is 3.75. The fourth-order valence-electron chi connectivity index (χ4n) is 2.64. The van der Waals surface area contributed by atoms with Crippen molar-refractivity contribution in [1.82, 2.24) is 9.13 Å². The van der Waals surface area contributed by atoms with Crippen LogP contribution in [0, 0.1) is 0 Å². The number of hydrogen-bond acceptors (Lipinski definition) is 2. The van der Waals surface area contributed by atoms with Crippen LogP contribution < -0.4 is 5.69 Å². The molecule has 0 radical (unpaired) electrons. The fraction of sp³-hybridized carbons (Fsp3) is 0.316. The molecule has 23 heavy (non-hydrogen) atoms. The first-order chi connectivity index (χ1) is 11.1. The first-order valence-electron chi connectivity index (χ1n) is 7.91. The summed E-state index contributed by atoms with van der Waals surface area (Å²) < 4.78 is 3.39. The van der Waals surface area contributed by atoms with Gasteiger partial charge in [-0.2, -0.15) is 0 Å². The van der Waals surface area contributed by atoms with Crippen LogP contribution in [-0.4, -0.2) is 20.8 Å². The number of para-hydroxylation sites is 2. The van der Waals surface area contributed by atoms with Crippen LogP contribution >= 0.6 is 0 Å². The van der Waals surface area contributed by atoms with Crippen LogP contribution in [-0.2, 0) is 7.05 Å². The Morgan fingerprint density at radius 1 is 1.13 bits per heavy atom. The van der Waals surface area contributed by atoms with Gasteiger partial charge in [-0.3, -0.25) is 9.13 Å². The van der Waals surface area contributed by atoms with E-state index in [9.17, 15) is 4.79 Å². The van der Waals surface area contributed by atoms with Crippen molar-refractivity contribution in [3.05, 3.63) is 64.6 Å². The predicted molar refractivity (Wildman–Crippen MR) is 96.3 cm³/mol. The second kappa shape index (κ2) is 7.79. The Balaban J connectivity index is 2.44. The largest absolute Gasteiger partial charge is 0.396 e. The van der Waals surface area contributed by atoms with Gasteiger partial charge in [-0.05, 0) is 44.9 Å². The van der Waals surface area contributed by atoms with E-state index < -0.39 is 0 Å². The van der Waals surface area contributed by atoms with Crippen molar-refractivity contribution in [1.29, 1.82) is 0 Å². The number of allylic oxidation sites excluding steroid dienone is 6. The molecule has 1 aromatic heterocycles. The number of fused-ring (bicyclic) bond motifs is 1. The molecule has 0 aliphatic carbocycles. The highest BCUT2D eigenvalue weighted by Gasteiger charge is 2.11. The van der Waals surface area contributed by atoms with Gasteiger partial charge in [-0.1, -0.05) is 35.9 Å². The summed E-state index contributed by atoms with van der Waals surface area (Å²) in [6, 6.07) is 7.78. The lowest BCUT2D eigenvalue weighted by molar-refractivity contribution is 0.289. The molecular formula is C19H24N2O2. The van der Waals surface area contributed by atoms with Gasteiger partial charge in [0.2, 0.25) is 0 Å². The minimum Gasteiger partial charge on any atom is -0.396 e. The van der Waals surface area contributed by atoms with Crippen molar-refractivity contribution in [2.75, 3.05) is 6.61 Å². The second-order valence-corrected chi connectivity index (χ2v) is 5.40. The van der Waals surface area contributed by atoms with E-state index in [-0.39, 0.29) is 12.3 Å². The second-order valence-electron chi connectivity index (χ2n) is 5.40. The first-order valence-corrected chi connectivity index (χ1v) is 7.91. The highest BCUT2D eigenvalue weighted by atomic mass is 16.2. The summed E-state index contributed by atoms with van der Waals surface area (Å²) >= 11 is 0. The minimum atomic E-state index is -0.0543. The molecule has 0 amide bonds. The molecule has 2 rings (SSSR count). The smallest absolute Gasteiger partial charge is 0.333 e. The maximum absolute atomic E-state index is 12.6. The monoisotopic (exact) mass is 312 g/mol. The lowest BCUT2D eigenvalue weighted by atomic mass is 10.1. The molecule has 0 aliphatic rings. The average Bonchev–Trinajstić information content (AvgIpc) is 2.83. The van der Waals surface area contributed by atoms with Gasteiger partial charge in [0.25, 0.3) is 0 Å². The van der Waals surface area contributed by atoms with Crippen LogP contribution in [0.5, 0.6) is 0 Å². The summed E-state index contributed by atoms with van der Waals surface area (Å²) in [7, 11) is 1.79. The highest BCUT2D eigenvalue weighted by Crippen LogP contribution is 2.18. The Hall–Kier alpha value is -2.33. The number of aliphatic hydroxyl groups excluding tert-OH is 1. The van der Waals surface area contributed by atoms with Crippen LogP contribution in [0.25, 0.3) is 16.7 Å². The van der Waals surface area contributed by atoms with E-state index in [2.05, 4.69) is 0 Å². The van der Waals surface area contributed by atoms with Crippen molar-refractivity contribution in [2.24, 2.45) is 7.05 Å². The van der Waals surface area contributed by atoms with Gasteiger partial charge >= 0.3 is 5.69 Å². The fourth-order valence-corrected chi connectivity index (χ4v) is 2.64. The minimum absolute atomic E-state index is 0.0543. The van der Waals surface area contributed by atoms with Crippen LogP contribution in [0.4, 0.5) is 0 Å². The van der Waals surface area contributed by atoms with E-state index in [1.54, 1.807) is 16.2 Å². The molecule has 0 spiro atoms. The zero-order valence-electron chi connectivity index (χ0n) is 14.0. The molecule has 4 heteroatoms. The number of aromatic nitrogens is 2. The molecular weight excluding hydrogens is 288 g/mol. The van der Waals surface area contributed by atoms with Gasteiger partial charge in [0.1, 0.15) is 0 Å². The van der Waals surface area contributed by atoms with Crippen molar-refractivity contribution in [2.45, 2.75) is 26.7 Å². The lowest BCUT2D eigenvalue weighted by Crippen LogP contribution is -2.21. The number of nitrogens with zero attached hydrogens (tertiary/aromatic N) is 2. The maximum Gasteiger partial charge on any atom is 0.333 e. The van der Waals surface area contributed by atoms with Gasteiger partial charge in [0.05, 0.1) is 11.0 Å². The van der Waals surface area contributed by atoms with E-state index >= 15 is 0 Å². The normalized spacial score (nSPS) is 13.4. The van der Waals surface area contributed by atoms with Crippen molar-refractivity contribution >= 4 is 16.7 Å². The zero-order chi connectivity index (χ0) is 16.8. The van der Waals surface area contributed by atoms with E-state index in [4.69, 9.17) is 5.11 Å². The van der Waals surface area contributed by atoms with Gasteiger partial charge in [0, 0.05) is 19.4 Å². The summed E-state index contributed by atoms with van der Waals surface area (Å²) in [4.78, 5) is 12.6. The number of hydrogen-bond donors (Lipinski definition) is 1. The van der Waals surface area contributed by atoms with Gasteiger partial charge in [0.15, 0.2) is 0 Å². The highest BCUT2D eigenvalue weighted by molar-refractivity contribution is 5.81. The number of imidazole rings is 1. The molecule has 0 unspecified atom stereocenters. The number of aliphatic hydroxyl groups is 1. The molecule has 1 aromatic carbocycles. The van der Waals surface area contributed by atoms with Gasteiger partial charge in [-0.15, -0.1) is 0 Å². The Morgan fingerprint density at radius 2 is 1.83 bits per heavy atom. The van der Waals surface area contributed by atoms with Crippen LogP contribution in [0.3, 0.4) is 0 Å². The standard InChI is InChI=1S/C19H24N2O2/c1-4-15(9-8-14-22)12-13-16(5-2)21-18-11-7-6-10-17(18)20(3)19(21)23/h4-7,10-13,22H,8-9,14H2,1-3H3/b13-12-,15-4-,16-5+. The number of aryl methyl sites for hydroxylation is 1. The number of benzene rings is 1. The third-order valence-electron chi connectivity index (χ3n) is 3.98. The summed E-state index contributed by atoms with van der Waals surface area (Å²) in [5, 5.41) is 8.96. The molecule has 4 nitrogen and oxygen atoms in total. The Labute approximate surface area is 136 Å². The molecule has 0 fully saturated rings. The third-order valence-corrected chi connectivity index (χ3v) is 3.98. The first kappa shape index (κ1) is 17.0. The van der Waals surface area contributed by atoms with E-state index in [0.717, 1.165) is 35.1 Å². The van der Waals surface area contributed by atoms with Crippen molar-refractivity contribution in [3.8, 4) is 0 Å². The molecule has 0 saturated carbocycles. The quantitative estimate of drug-likeness (QED) is 0.830. The molecule has 122 valence electrons. The molecule has 1 heterocycles. The van der Waals surface area contributed by atoms with Crippen molar-refractivity contribution in [3.63, 3.8) is 0 Å². The van der Waals surface area contributed by atoms with Crippen LogP contribution in [0.15, 0.2) is 58.9 Å². The summed E-state index contributed by atoms with van der Waals surface area (Å²) in [6.45, 7) is 4.10. The Bertz CT molecular complexity index is 819. The predicted octanol–water partition coefficient (Wildman–Crippen LogP) is 3.48. The van der Waals surface area contributed by atoms with E-state index in [1.807, 2.05) is 62.4 Å². The average molecular weight is 312 g/mol. The zero-order valence-corrected chi connectivity index (χ0v) is 14.0. The Kier molecular flexibility index (Phi) is 5.77. The molecule has 0 saturated heterocycles. The Morgan fingerprint density at radius 3 is 2.43 bits per heavy atom. The molecule has 0 bridgehead atoms. The van der Waals surface area contributed by atoms with Gasteiger partial charge < -0.3 is 5.11 Å². The van der Waals surface area contributed by atoms with Gasteiger partial charge in [-0.25, -0.2) is 4.79 Å². The van der Waals surface area contributed by atoms with Crippen LogP contribution in [0.2, 0.25) is 0 Å². The molecule has 0 atom stereocenters. The summed E-state index contributed by atoms with van der Waals surface area (Å²) in [6.07, 6.45) is 9.50. The lowest BCUT2D eigenvalue weighted by Gasteiger charge is -2.05. The molecule has 0 aliphatic heterocycles. The van der Waals surface area contributed by atoms with E-state index in [1.165, 1.54) is 0 Å². The molecule has 1 N–H and O–H groups in total. The topological polar surface area (TPSA) is 47.2 Å².